The number of unbranched alkanes of at least 4 members (excludes halogenated alkanes) is 1. The van der Waals surface area contributed by atoms with Crippen molar-refractivity contribution >= 4 is 15.9 Å². The van der Waals surface area contributed by atoms with Gasteiger partial charge in [0.1, 0.15) is 5.75 Å². The van der Waals surface area contributed by atoms with Crippen molar-refractivity contribution < 1.29 is 4.74 Å². The van der Waals surface area contributed by atoms with Gasteiger partial charge in [-0.1, -0.05) is 13.0 Å². The molecule has 0 aliphatic rings. The lowest BCUT2D eigenvalue weighted by Gasteiger charge is -2.21. The average Bonchev–Trinajstić information content (AvgIpc) is 2.45. The third kappa shape index (κ3) is 6.25. The largest absolute Gasteiger partial charge is 0.496 e. The van der Waals surface area contributed by atoms with Crippen LogP contribution in [-0.4, -0.2) is 38.2 Å². The fraction of sp³-hybridized carbons (Fsp3) is 0.625. The SMILES string of the molecule is CCCN(CCCCN)CCc1ccc(OC)c(Br)c1. The van der Waals surface area contributed by atoms with Crippen LogP contribution >= 0.6 is 15.9 Å². The Labute approximate surface area is 131 Å². The van der Waals surface area contributed by atoms with E-state index in [1.54, 1.807) is 7.11 Å². The molecule has 0 fully saturated rings. The van der Waals surface area contributed by atoms with Gasteiger partial charge in [0, 0.05) is 6.54 Å². The van der Waals surface area contributed by atoms with Gasteiger partial charge in [0.25, 0.3) is 0 Å². The molecule has 114 valence electrons. The van der Waals surface area contributed by atoms with Crippen LogP contribution in [0.3, 0.4) is 0 Å². The van der Waals surface area contributed by atoms with Crippen LogP contribution in [0, 0.1) is 0 Å². The molecular formula is C16H27BrN2O. The first-order valence-corrected chi connectivity index (χ1v) is 8.25. The zero-order valence-corrected chi connectivity index (χ0v) is 14.3. The molecule has 3 nitrogen and oxygen atoms in total. The normalized spacial score (nSPS) is 11.1. The van der Waals surface area contributed by atoms with Crippen molar-refractivity contribution in [3.63, 3.8) is 0 Å². The number of halogens is 1. The summed E-state index contributed by atoms with van der Waals surface area (Å²) in [5.74, 6) is 0.891. The Morgan fingerprint density at radius 2 is 2.00 bits per heavy atom. The smallest absolute Gasteiger partial charge is 0.133 e. The molecule has 0 unspecified atom stereocenters. The fourth-order valence-corrected chi connectivity index (χ4v) is 2.87. The molecular weight excluding hydrogens is 316 g/mol. The average molecular weight is 343 g/mol. The van der Waals surface area contributed by atoms with E-state index in [9.17, 15) is 0 Å². The second-order valence-corrected chi connectivity index (χ2v) is 5.91. The maximum atomic E-state index is 5.56. The summed E-state index contributed by atoms with van der Waals surface area (Å²) in [6.45, 7) is 6.47. The van der Waals surface area contributed by atoms with E-state index in [2.05, 4.69) is 39.9 Å². The lowest BCUT2D eigenvalue weighted by molar-refractivity contribution is 0.272. The quantitative estimate of drug-likeness (QED) is 0.662. The number of methoxy groups -OCH3 is 1. The summed E-state index contributed by atoms with van der Waals surface area (Å²) in [6.07, 6.45) is 4.59. The molecule has 1 aromatic carbocycles. The van der Waals surface area contributed by atoms with Crippen molar-refractivity contribution in [2.24, 2.45) is 5.73 Å². The monoisotopic (exact) mass is 342 g/mol. The molecule has 2 N–H and O–H groups in total. The molecule has 0 amide bonds. The Balaban J connectivity index is 2.47. The second kappa shape index (κ2) is 10.2. The molecule has 0 atom stereocenters. The molecule has 0 aliphatic carbocycles. The highest BCUT2D eigenvalue weighted by molar-refractivity contribution is 9.10. The van der Waals surface area contributed by atoms with Gasteiger partial charge in [0.15, 0.2) is 0 Å². The Kier molecular flexibility index (Phi) is 8.90. The van der Waals surface area contributed by atoms with Gasteiger partial charge in [0.05, 0.1) is 11.6 Å². The summed E-state index contributed by atoms with van der Waals surface area (Å²) in [4.78, 5) is 2.54. The number of hydrogen-bond donors (Lipinski definition) is 1. The topological polar surface area (TPSA) is 38.5 Å². The molecule has 0 radical (unpaired) electrons. The highest BCUT2D eigenvalue weighted by atomic mass is 79.9. The molecule has 0 spiro atoms. The number of ether oxygens (including phenoxy) is 1. The van der Waals surface area contributed by atoms with Gasteiger partial charge in [-0.15, -0.1) is 0 Å². The zero-order valence-electron chi connectivity index (χ0n) is 12.7. The minimum atomic E-state index is 0.797. The molecule has 0 saturated heterocycles. The fourth-order valence-electron chi connectivity index (χ4n) is 2.28. The molecule has 1 aromatic rings. The van der Waals surface area contributed by atoms with Crippen LogP contribution in [-0.2, 0) is 6.42 Å². The van der Waals surface area contributed by atoms with Gasteiger partial charge in [-0.25, -0.2) is 0 Å². The molecule has 0 heterocycles. The van der Waals surface area contributed by atoms with Crippen LogP contribution in [0.5, 0.6) is 5.75 Å². The van der Waals surface area contributed by atoms with Crippen molar-refractivity contribution in [2.45, 2.75) is 32.6 Å². The summed E-state index contributed by atoms with van der Waals surface area (Å²) >= 11 is 3.54. The molecule has 20 heavy (non-hydrogen) atoms. The highest BCUT2D eigenvalue weighted by Gasteiger charge is 2.06. The van der Waals surface area contributed by atoms with Crippen molar-refractivity contribution in [1.82, 2.24) is 4.90 Å². The predicted octanol–water partition coefficient (Wildman–Crippen LogP) is 3.45. The highest BCUT2D eigenvalue weighted by Crippen LogP contribution is 2.25. The minimum absolute atomic E-state index is 0.797. The van der Waals surface area contributed by atoms with E-state index >= 15 is 0 Å². The molecule has 4 heteroatoms. The van der Waals surface area contributed by atoms with Crippen LogP contribution < -0.4 is 10.5 Å². The third-order valence-corrected chi connectivity index (χ3v) is 4.02. The number of nitrogens with zero attached hydrogens (tertiary/aromatic N) is 1. The van der Waals surface area contributed by atoms with Crippen LogP contribution in [0.1, 0.15) is 31.7 Å². The lowest BCUT2D eigenvalue weighted by Crippen LogP contribution is -2.28. The van der Waals surface area contributed by atoms with E-state index in [0.717, 1.165) is 42.7 Å². The first-order chi connectivity index (χ1) is 9.71. The van der Waals surface area contributed by atoms with Gasteiger partial charge in [-0.2, -0.15) is 0 Å². The van der Waals surface area contributed by atoms with E-state index < -0.39 is 0 Å². The Bertz CT molecular complexity index is 385. The van der Waals surface area contributed by atoms with Gasteiger partial charge in [0.2, 0.25) is 0 Å². The van der Waals surface area contributed by atoms with Gasteiger partial charge < -0.3 is 15.4 Å². The van der Waals surface area contributed by atoms with E-state index in [1.807, 2.05) is 6.07 Å². The molecule has 0 aromatic heterocycles. The van der Waals surface area contributed by atoms with Gasteiger partial charge in [-0.05, 0) is 78.9 Å². The van der Waals surface area contributed by atoms with E-state index in [-0.39, 0.29) is 0 Å². The zero-order chi connectivity index (χ0) is 14.8. The summed E-state index contributed by atoms with van der Waals surface area (Å²) in [7, 11) is 1.69. The molecule has 0 bridgehead atoms. The van der Waals surface area contributed by atoms with Crippen molar-refractivity contribution in [3.05, 3.63) is 28.2 Å². The maximum absolute atomic E-state index is 5.56. The first kappa shape index (κ1) is 17.5. The summed E-state index contributed by atoms with van der Waals surface area (Å²) in [5, 5.41) is 0. The summed E-state index contributed by atoms with van der Waals surface area (Å²) in [6, 6.07) is 6.33. The Morgan fingerprint density at radius 3 is 2.60 bits per heavy atom. The third-order valence-electron chi connectivity index (χ3n) is 3.40. The Morgan fingerprint density at radius 1 is 1.20 bits per heavy atom. The van der Waals surface area contributed by atoms with Gasteiger partial charge >= 0.3 is 0 Å². The number of benzene rings is 1. The van der Waals surface area contributed by atoms with Crippen molar-refractivity contribution in [2.75, 3.05) is 33.3 Å². The summed E-state index contributed by atoms with van der Waals surface area (Å²) < 4.78 is 6.29. The van der Waals surface area contributed by atoms with Crippen LogP contribution in [0.4, 0.5) is 0 Å². The number of nitrogens with two attached hydrogens (primary N) is 1. The van der Waals surface area contributed by atoms with Gasteiger partial charge in [-0.3, -0.25) is 0 Å². The first-order valence-electron chi connectivity index (χ1n) is 7.46. The van der Waals surface area contributed by atoms with E-state index in [4.69, 9.17) is 10.5 Å². The van der Waals surface area contributed by atoms with Crippen molar-refractivity contribution in [1.29, 1.82) is 0 Å². The molecule has 1 rings (SSSR count). The second-order valence-electron chi connectivity index (χ2n) is 5.06. The van der Waals surface area contributed by atoms with E-state index in [1.165, 1.54) is 24.9 Å². The minimum Gasteiger partial charge on any atom is -0.496 e. The number of rotatable bonds is 10. The van der Waals surface area contributed by atoms with Crippen LogP contribution in [0.25, 0.3) is 0 Å². The summed E-state index contributed by atoms with van der Waals surface area (Å²) in [5.41, 5.74) is 6.91. The number of hydrogen-bond acceptors (Lipinski definition) is 3. The molecule has 0 saturated carbocycles. The van der Waals surface area contributed by atoms with Crippen LogP contribution in [0.2, 0.25) is 0 Å². The van der Waals surface area contributed by atoms with Crippen molar-refractivity contribution in [3.8, 4) is 5.75 Å². The predicted molar refractivity (Wildman–Crippen MR) is 89.4 cm³/mol. The lowest BCUT2D eigenvalue weighted by atomic mass is 10.1. The Hall–Kier alpha value is -0.580. The molecule has 0 aliphatic heterocycles. The van der Waals surface area contributed by atoms with E-state index in [0.29, 0.717) is 0 Å². The standard InChI is InChI=1S/C16H27BrN2O/c1-3-10-19(11-5-4-9-18)12-8-14-6-7-16(20-2)15(17)13-14/h6-7,13H,3-5,8-12,18H2,1-2H3. The maximum Gasteiger partial charge on any atom is 0.133 e. The van der Waals surface area contributed by atoms with Crippen LogP contribution in [0.15, 0.2) is 22.7 Å².